The lowest BCUT2D eigenvalue weighted by Crippen LogP contribution is -2.50. The maximum Gasteiger partial charge on any atom is 0.261 e. The highest BCUT2D eigenvalue weighted by Crippen LogP contribution is 2.39. The third-order valence-electron chi connectivity index (χ3n) is 6.71. The largest absolute Gasteiger partial charge is 0.493 e. The van der Waals surface area contributed by atoms with Crippen LogP contribution in [0, 0.1) is 0 Å². The molecule has 208 valence electrons. The first-order valence-electron chi connectivity index (χ1n) is 12.9. The van der Waals surface area contributed by atoms with E-state index < -0.39 is 5.91 Å². The van der Waals surface area contributed by atoms with Gasteiger partial charge in [-0.3, -0.25) is 14.4 Å². The number of nitrogens with one attached hydrogen (secondary N) is 1. The van der Waals surface area contributed by atoms with Crippen LogP contribution in [0.2, 0.25) is 0 Å². The lowest BCUT2D eigenvalue weighted by Gasteiger charge is -2.36. The molecule has 3 aromatic rings. The van der Waals surface area contributed by atoms with E-state index in [9.17, 15) is 14.4 Å². The SMILES string of the molecule is COc1cc(/C=C(\C(=O)Nc2ccccc2)C(=O)N2CCN(c3ccc(C(C)=O)cc3)CC2)cc(OC)c1OC. The number of rotatable bonds is 9. The maximum atomic E-state index is 13.8. The second-order valence-corrected chi connectivity index (χ2v) is 9.22. The Morgan fingerprint density at radius 1 is 0.800 bits per heavy atom. The second-order valence-electron chi connectivity index (χ2n) is 9.22. The Hall–Kier alpha value is -4.79. The first-order valence-corrected chi connectivity index (χ1v) is 12.9. The molecule has 3 aromatic carbocycles. The highest BCUT2D eigenvalue weighted by Gasteiger charge is 2.28. The topological polar surface area (TPSA) is 97.4 Å². The van der Waals surface area contributed by atoms with Crippen LogP contribution in [0.15, 0.2) is 72.3 Å². The number of ketones is 1. The number of amides is 2. The van der Waals surface area contributed by atoms with Gasteiger partial charge in [0.1, 0.15) is 5.57 Å². The average molecular weight is 544 g/mol. The zero-order valence-electron chi connectivity index (χ0n) is 23.1. The minimum atomic E-state index is -0.521. The average Bonchev–Trinajstić information content (AvgIpc) is 2.99. The predicted octanol–water partition coefficient (Wildman–Crippen LogP) is 4.29. The van der Waals surface area contributed by atoms with Gasteiger partial charge in [-0.05, 0) is 67.1 Å². The molecule has 0 saturated carbocycles. The van der Waals surface area contributed by atoms with Crippen LogP contribution in [-0.2, 0) is 9.59 Å². The first kappa shape index (κ1) is 28.2. The lowest BCUT2D eigenvalue weighted by atomic mass is 10.1. The molecule has 0 aromatic heterocycles. The summed E-state index contributed by atoms with van der Waals surface area (Å²) in [5.41, 5.74) is 2.74. The van der Waals surface area contributed by atoms with Crippen LogP contribution in [0.3, 0.4) is 0 Å². The number of para-hydroxylation sites is 1. The standard InChI is InChI=1S/C31H33N3O6/c1-21(35)23-10-12-25(13-11-23)33-14-16-34(17-15-33)31(37)26(30(36)32-24-8-6-5-7-9-24)18-22-19-27(38-2)29(40-4)28(20-22)39-3/h5-13,18-20H,14-17H2,1-4H3,(H,32,36)/b26-18+. The number of nitrogens with zero attached hydrogens (tertiary/aromatic N) is 2. The molecule has 9 nitrogen and oxygen atoms in total. The summed E-state index contributed by atoms with van der Waals surface area (Å²) in [7, 11) is 4.52. The predicted molar refractivity (Wildman–Crippen MR) is 154 cm³/mol. The molecule has 1 fully saturated rings. The Labute approximate surface area is 233 Å². The highest BCUT2D eigenvalue weighted by atomic mass is 16.5. The van der Waals surface area contributed by atoms with Gasteiger partial charge in [0.2, 0.25) is 5.75 Å². The van der Waals surface area contributed by atoms with Crippen molar-refractivity contribution in [2.45, 2.75) is 6.92 Å². The number of anilines is 2. The van der Waals surface area contributed by atoms with Crippen LogP contribution in [0.4, 0.5) is 11.4 Å². The van der Waals surface area contributed by atoms with E-state index in [-0.39, 0.29) is 17.3 Å². The number of piperazine rings is 1. The molecule has 2 amide bonds. The number of benzene rings is 3. The van der Waals surface area contributed by atoms with Gasteiger partial charge in [0.25, 0.3) is 11.8 Å². The molecule has 0 aliphatic carbocycles. The Balaban J connectivity index is 1.60. The smallest absolute Gasteiger partial charge is 0.261 e. The first-order chi connectivity index (χ1) is 19.3. The molecule has 4 rings (SSSR count). The van der Waals surface area contributed by atoms with Gasteiger partial charge in [-0.25, -0.2) is 0 Å². The molecule has 0 spiro atoms. The van der Waals surface area contributed by atoms with Gasteiger partial charge < -0.3 is 29.3 Å². The molecule has 1 heterocycles. The number of carbonyl (C=O) groups is 3. The van der Waals surface area contributed by atoms with Crippen molar-refractivity contribution in [2.75, 3.05) is 57.7 Å². The zero-order valence-corrected chi connectivity index (χ0v) is 23.1. The lowest BCUT2D eigenvalue weighted by molar-refractivity contribution is -0.129. The van der Waals surface area contributed by atoms with Crippen LogP contribution in [0.1, 0.15) is 22.8 Å². The summed E-state index contributed by atoms with van der Waals surface area (Å²) in [4.78, 5) is 42.7. The van der Waals surface area contributed by atoms with Crippen LogP contribution >= 0.6 is 0 Å². The van der Waals surface area contributed by atoms with Gasteiger partial charge in [-0.1, -0.05) is 18.2 Å². The Kier molecular flexibility index (Phi) is 9.06. The highest BCUT2D eigenvalue weighted by molar-refractivity contribution is 6.25. The fourth-order valence-corrected chi connectivity index (χ4v) is 4.54. The Morgan fingerprint density at radius 3 is 1.93 bits per heavy atom. The summed E-state index contributed by atoms with van der Waals surface area (Å²) in [5, 5.41) is 2.83. The van der Waals surface area contributed by atoms with Crippen molar-refractivity contribution in [3.63, 3.8) is 0 Å². The normalized spacial score (nSPS) is 13.4. The van der Waals surface area contributed by atoms with Crippen LogP contribution in [-0.4, -0.2) is 70.0 Å². The van der Waals surface area contributed by atoms with E-state index in [2.05, 4.69) is 10.2 Å². The molecule has 1 N–H and O–H groups in total. The fourth-order valence-electron chi connectivity index (χ4n) is 4.54. The van der Waals surface area contributed by atoms with E-state index in [1.807, 2.05) is 30.3 Å². The number of ether oxygens (including phenoxy) is 3. The van der Waals surface area contributed by atoms with E-state index >= 15 is 0 Å². The molecule has 0 atom stereocenters. The van der Waals surface area contributed by atoms with Crippen LogP contribution < -0.4 is 24.4 Å². The van der Waals surface area contributed by atoms with Gasteiger partial charge in [0.15, 0.2) is 17.3 Å². The molecule has 1 aliphatic rings. The minimum Gasteiger partial charge on any atom is -0.493 e. The van der Waals surface area contributed by atoms with Crippen molar-refractivity contribution in [1.82, 2.24) is 4.90 Å². The summed E-state index contributed by atoms with van der Waals surface area (Å²) in [6, 6.07) is 19.8. The van der Waals surface area contributed by atoms with Crippen LogP contribution in [0.25, 0.3) is 6.08 Å². The molecular formula is C31H33N3O6. The molecule has 0 radical (unpaired) electrons. The molecule has 1 saturated heterocycles. The molecule has 40 heavy (non-hydrogen) atoms. The summed E-state index contributed by atoms with van der Waals surface area (Å²) in [6.45, 7) is 3.57. The summed E-state index contributed by atoms with van der Waals surface area (Å²) in [5.74, 6) is 0.347. The zero-order chi connectivity index (χ0) is 28.6. The van der Waals surface area contributed by atoms with Gasteiger partial charge in [-0.2, -0.15) is 0 Å². The van der Waals surface area contributed by atoms with E-state index in [0.717, 1.165) is 5.69 Å². The Bertz CT molecular complexity index is 1370. The fraction of sp³-hybridized carbons (Fsp3) is 0.258. The molecular weight excluding hydrogens is 510 g/mol. The maximum absolute atomic E-state index is 13.8. The van der Waals surface area contributed by atoms with Gasteiger partial charge in [0, 0.05) is 43.1 Å². The van der Waals surface area contributed by atoms with Crippen molar-refractivity contribution in [1.29, 1.82) is 0 Å². The van der Waals surface area contributed by atoms with E-state index in [1.54, 1.807) is 41.3 Å². The molecule has 0 unspecified atom stereocenters. The van der Waals surface area contributed by atoms with Crippen molar-refractivity contribution < 1.29 is 28.6 Å². The van der Waals surface area contributed by atoms with E-state index in [0.29, 0.717) is 60.2 Å². The summed E-state index contributed by atoms with van der Waals surface area (Å²) in [6.07, 6.45) is 1.54. The number of Topliss-reactive ketones (excluding diaryl/α,β-unsaturated/α-hetero) is 1. The van der Waals surface area contributed by atoms with E-state index in [4.69, 9.17) is 14.2 Å². The number of hydrogen-bond acceptors (Lipinski definition) is 7. The number of methoxy groups -OCH3 is 3. The number of carbonyl (C=O) groups excluding carboxylic acids is 3. The second kappa shape index (κ2) is 12.8. The van der Waals surface area contributed by atoms with Crippen LogP contribution in [0.5, 0.6) is 17.2 Å². The Morgan fingerprint density at radius 2 is 1.40 bits per heavy atom. The quantitative estimate of drug-likeness (QED) is 0.186. The van der Waals surface area contributed by atoms with Gasteiger partial charge in [0.05, 0.1) is 21.3 Å². The molecule has 9 heteroatoms. The van der Waals surface area contributed by atoms with Crippen molar-refractivity contribution in [2.24, 2.45) is 0 Å². The monoisotopic (exact) mass is 543 g/mol. The van der Waals surface area contributed by atoms with Crippen molar-refractivity contribution >= 4 is 35.0 Å². The third kappa shape index (κ3) is 6.43. The van der Waals surface area contributed by atoms with Crippen molar-refractivity contribution in [3.8, 4) is 17.2 Å². The summed E-state index contributed by atoms with van der Waals surface area (Å²) < 4.78 is 16.3. The third-order valence-corrected chi connectivity index (χ3v) is 6.71. The summed E-state index contributed by atoms with van der Waals surface area (Å²) >= 11 is 0. The van der Waals surface area contributed by atoms with Crippen molar-refractivity contribution in [3.05, 3.63) is 83.4 Å². The van der Waals surface area contributed by atoms with Gasteiger partial charge in [-0.15, -0.1) is 0 Å². The molecule has 0 bridgehead atoms. The van der Waals surface area contributed by atoms with E-state index in [1.165, 1.54) is 34.3 Å². The number of hydrogen-bond donors (Lipinski definition) is 1. The van der Waals surface area contributed by atoms with Gasteiger partial charge >= 0.3 is 0 Å². The molecule has 1 aliphatic heterocycles. The minimum absolute atomic E-state index is 0.0159.